The monoisotopic (exact) mass is 242 g/mol. The van der Waals surface area contributed by atoms with Crippen LogP contribution < -0.4 is 5.32 Å². The highest BCUT2D eigenvalue weighted by molar-refractivity contribution is 5.80. The largest absolute Gasteiger partial charge is 0.481 e. The second-order valence-electron chi connectivity index (χ2n) is 4.86. The zero-order chi connectivity index (χ0) is 12.5. The summed E-state index contributed by atoms with van der Waals surface area (Å²) >= 11 is 0. The summed E-state index contributed by atoms with van der Waals surface area (Å²) in [6, 6.07) is -0.142. The molecule has 1 saturated carbocycles. The van der Waals surface area contributed by atoms with Gasteiger partial charge in [-0.05, 0) is 19.8 Å². The van der Waals surface area contributed by atoms with Crippen molar-refractivity contribution in [2.24, 2.45) is 5.41 Å². The molecule has 2 fully saturated rings. The first kappa shape index (κ1) is 12.2. The molecule has 2 N–H and O–H groups in total. The van der Waals surface area contributed by atoms with Crippen LogP contribution in [0.4, 0.5) is 4.79 Å². The molecule has 0 aromatic rings. The second-order valence-corrected chi connectivity index (χ2v) is 4.86. The number of hydrogen-bond acceptors (Lipinski definition) is 3. The van der Waals surface area contributed by atoms with Crippen molar-refractivity contribution in [3.63, 3.8) is 0 Å². The number of hydrogen-bond donors (Lipinski definition) is 2. The van der Waals surface area contributed by atoms with Crippen molar-refractivity contribution >= 4 is 12.0 Å². The number of rotatable bonds is 3. The lowest BCUT2D eigenvalue weighted by atomic mass is 10.1. The van der Waals surface area contributed by atoms with Gasteiger partial charge in [-0.2, -0.15) is 0 Å². The first-order valence-electron chi connectivity index (χ1n) is 5.91. The van der Waals surface area contributed by atoms with E-state index in [0.29, 0.717) is 32.6 Å². The summed E-state index contributed by atoms with van der Waals surface area (Å²) in [4.78, 5) is 24.5. The summed E-state index contributed by atoms with van der Waals surface area (Å²) in [7, 11) is 0. The summed E-state index contributed by atoms with van der Waals surface area (Å²) < 4.78 is 5.24. The minimum absolute atomic E-state index is 0.0451. The minimum Gasteiger partial charge on any atom is -0.481 e. The summed E-state index contributed by atoms with van der Waals surface area (Å²) in [6.07, 6.45) is 1.31. The Bertz CT molecular complexity index is 327. The van der Waals surface area contributed by atoms with Crippen molar-refractivity contribution in [3.8, 4) is 0 Å². The van der Waals surface area contributed by atoms with Gasteiger partial charge in [-0.25, -0.2) is 4.79 Å². The molecule has 0 spiro atoms. The molecule has 1 heterocycles. The van der Waals surface area contributed by atoms with Gasteiger partial charge in [0.05, 0.1) is 24.7 Å². The predicted octanol–water partition coefficient (Wildman–Crippen LogP) is 0.281. The van der Waals surface area contributed by atoms with Crippen LogP contribution in [0, 0.1) is 5.41 Å². The highest BCUT2D eigenvalue weighted by Crippen LogP contribution is 2.45. The van der Waals surface area contributed by atoms with Gasteiger partial charge in [0.25, 0.3) is 0 Å². The Morgan fingerprint density at radius 1 is 1.53 bits per heavy atom. The van der Waals surface area contributed by atoms with E-state index in [4.69, 9.17) is 9.84 Å². The number of amides is 2. The van der Waals surface area contributed by atoms with E-state index >= 15 is 0 Å². The molecule has 17 heavy (non-hydrogen) atoms. The van der Waals surface area contributed by atoms with Crippen LogP contribution in [0.2, 0.25) is 0 Å². The van der Waals surface area contributed by atoms with Gasteiger partial charge in [0.15, 0.2) is 0 Å². The van der Waals surface area contributed by atoms with Gasteiger partial charge in [-0.1, -0.05) is 0 Å². The van der Waals surface area contributed by atoms with Crippen LogP contribution in [-0.2, 0) is 9.53 Å². The Balaban J connectivity index is 1.83. The number of carboxylic acid groups (broad SMARTS) is 1. The van der Waals surface area contributed by atoms with E-state index in [2.05, 4.69) is 5.32 Å². The third kappa shape index (κ3) is 2.52. The molecule has 6 heteroatoms. The van der Waals surface area contributed by atoms with E-state index in [0.717, 1.165) is 0 Å². The Kier molecular flexibility index (Phi) is 3.24. The van der Waals surface area contributed by atoms with Crippen LogP contribution in [-0.4, -0.2) is 54.4 Å². The van der Waals surface area contributed by atoms with Crippen LogP contribution in [0.15, 0.2) is 0 Å². The van der Waals surface area contributed by atoms with Crippen LogP contribution in [0.25, 0.3) is 0 Å². The van der Waals surface area contributed by atoms with Gasteiger partial charge in [0.2, 0.25) is 0 Å². The minimum atomic E-state index is -0.812. The van der Waals surface area contributed by atoms with E-state index in [1.54, 1.807) is 4.90 Å². The van der Waals surface area contributed by atoms with Gasteiger partial charge >= 0.3 is 12.0 Å². The van der Waals surface area contributed by atoms with Crippen molar-refractivity contribution in [3.05, 3.63) is 0 Å². The average Bonchev–Trinajstić information content (AvgIpc) is 3.07. The number of morpholine rings is 1. The number of ether oxygens (including phenoxy) is 1. The number of aliphatic carboxylic acids is 1. The molecule has 2 aliphatic rings. The van der Waals surface area contributed by atoms with Gasteiger partial charge < -0.3 is 20.1 Å². The fourth-order valence-corrected chi connectivity index (χ4v) is 1.99. The number of carboxylic acids is 1. The van der Waals surface area contributed by atoms with E-state index in [1.807, 2.05) is 6.92 Å². The van der Waals surface area contributed by atoms with E-state index in [-0.39, 0.29) is 18.6 Å². The maximum absolute atomic E-state index is 11.9. The first-order valence-corrected chi connectivity index (χ1v) is 5.91. The SMILES string of the molecule is CC1COCCN1C(=O)NCC1(C(=O)O)CC1. The van der Waals surface area contributed by atoms with Crippen molar-refractivity contribution in [1.82, 2.24) is 10.2 Å². The topological polar surface area (TPSA) is 78.9 Å². The number of urea groups is 1. The van der Waals surface area contributed by atoms with Crippen molar-refractivity contribution in [1.29, 1.82) is 0 Å². The van der Waals surface area contributed by atoms with E-state index in [1.165, 1.54) is 0 Å². The number of carbonyl (C=O) groups excluding carboxylic acids is 1. The first-order chi connectivity index (χ1) is 8.05. The molecule has 1 atom stereocenters. The molecule has 1 aliphatic heterocycles. The second kappa shape index (κ2) is 4.52. The third-order valence-electron chi connectivity index (χ3n) is 3.51. The molecule has 1 unspecified atom stereocenters. The Morgan fingerprint density at radius 3 is 2.76 bits per heavy atom. The molecule has 0 aromatic carbocycles. The standard InChI is InChI=1S/C11H18N2O4/c1-8-6-17-5-4-13(8)10(16)12-7-11(2-3-11)9(14)15/h8H,2-7H2,1H3,(H,12,16)(H,14,15). The van der Waals surface area contributed by atoms with E-state index in [9.17, 15) is 9.59 Å². The van der Waals surface area contributed by atoms with Gasteiger partial charge in [-0.15, -0.1) is 0 Å². The fraction of sp³-hybridized carbons (Fsp3) is 0.818. The summed E-state index contributed by atoms with van der Waals surface area (Å²) in [5, 5.41) is 11.7. The molecule has 2 amide bonds. The van der Waals surface area contributed by atoms with Gasteiger partial charge in [-0.3, -0.25) is 4.79 Å². The summed E-state index contributed by atoms with van der Waals surface area (Å²) in [5.74, 6) is -0.812. The van der Waals surface area contributed by atoms with Crippen molar-refractivity contribution < 1.29 is 19.4 Å². The van der Waals surface area contributed by atoms with Crippen LogP contribution in [0.1, 0.15) is 19.8 Å². The van der Waals surface area contributed by atoms with Crippen molar-refractivity contribution in [2.45, 2.75) is 25.8 Å². The summed E-state index contributed by atoms with van der Waals surface area (Å²) in [6.45, 7) is 3.79. The molecular weight excluding hydrogens is 224 g/mol. The molecule has 0 aromatic heterocycles. The van der Waals surface area contributed by atoms with Crippen LogP contribution >= 0.6 is 0 Å². The zero-order valence-electron chi connectivity index (χ0n) is 9.94. The molecule has 1 aliphatic carbocycles. The predicted molar refractivity (Wildman–Crippen MR) is 59.7 cm³/mol. The van der Waals surface area contributed by atoms with Gasteiger partial charge in [0.1, 0.15) is 0 Å². The quantitative estimate of drug-likeness (QED) is 0.745. The Morgan fingerprint density at radius 2 is 2.24 bits per heavy atom. The fourth-order valence-electron chi connectivity index (χ4n) is 1.99. The molecule has 0 radical (unpaired) electrons. The van der Waals surface area contributed by atoms with Crippen LogP contribution in [0.5, 0.6) is 0 Å². The molecular formula is C11H18N2O4. The molecule has 6 nitrogen and oxygen atoms in total. The molecule has 96 valence electrons. The molecule has 0 bridgehead atoms. The maximum Gasteiger partial charge on any atom is 0.317 e. The number of nitrogens with one attached hydrogen (secondary N) is 1. The molecule has 1 saturated heterocycles. The average molecular weight is 242 g/mol. The van der Waals surface area contributed by atoms with Gasteiger partial charge in [0, 0.05) is 13.1 Å². The number of nitrogens with zero attached hydrogens (tertiary/aromatic N) is 1. The maximum atomic E-state index is 11.9. The zero-order valence-corrected chi connectivity index (χ0v) is 9.94. The lowest BCUT2D eigenvalue weighted by Crippen LogP contribution is -2.52. The highest BCUT2D eigenvalue weighted by atomic mass is 16.5. The number of carbonyl (C=O) groups is 2. The highest BCUT2D eigenvalue weighted by Gasteiger charge is 2.50. The van der Waals surface area contributed by atoms with E-state index < -0.39 is 11.4 Å². The van der Waals surface area contributed by atoms with Crippen LogP contribution in [0.3, 0.4) is 0 Å². The lowest BCUT2D eigenvalue weighted by Gasteiger charge is -2.33. The van der Waals surface area contributed by atoms with Crippen molar-refractivity contribution in [2.75, 3.05) is 26.3 Å². The normalized spacial score (nSPS) is 26.4. The smallest absolute Gasteiger partial charge is 0.317 e. The molecule has 2 rings (SSSR count). The Labute approximate surface area is 99.9 Å². The third-order valence-corrected chi connectivity index (χ3v) is 3.51. The lowest BCUT2D eigenvalue weighted by molar-refractivity contribution is -0.143. The Hall–Kier alpha value is -1.30. The summed E-state index contributed by atoms with van der Waals surface area (Å²) in [5.41, 5.74) is -0.703.